The normalized spacial score (nSPS) is 15.9. The SMILES string of the molecule is COC(=O)C1=C(O)CC[N-]C1=O.[Na+]. The third-order valence-electron chi connectivity index (χ3n) is 1.50. The molecule has 1 N–H and O–H groups in total. The van der Waals surface area contributed by atoms with Crippen LogP contribution in [0.4, 0.5) is 0 Å². The molecule has 6 heteroatoms. The maximum atomic E-state index is 10.9. The van der Waals surface area contributed by atoms with E-state index in [1.54, 1.807) is 0 Å². The number of hydrogen-bond acceptors (Lipinski definition) is 4. The molecule has 1 aliphatic rings. The summed E-state index contributed by atoms with van der Waals surface area (Å²) in [7, 11) is 1.14. The standard InChI is InChI=1S/C7H9NO4.Na/c1-12-7(11)5-4(9)2-3-8-6(5)10;/h2-3H2,1H3,(H2,8,9,10,11);/q;+1/p-1. The number of amides is 1. The minimum atomic E-state index is -0.832. The number of ether oxygens (including phenoxy) is 1. The van der Waals surface area contributed by atoms with Crippen molar-refractivity contribution >= 4 is 11.9 Å². The molecule has 13 heavy (non-hydrogen) atoms. The molecule has 1 aliphatic heterocycles. The van der Waals surface area contributed by atoms with E-state index in [0.717, 1.165) is 7.11 Å². The van der Waals surface area contributed by atoms with Crippen molar-refractivity contribution in [3.05, 3.63) is 16.6 Å². The van der Waals surface area contributed by atoms with E-state index in [4.69, 9.17) is 5.11 Å². The number of hydrogen-bond donors (Lipinski definition) is 1. The number of esters is 1. The van der Waals surface area contributed by atoms with Crippen molar-refractivity contribution in [3.8, 4) is 0 Å². The van der Waals surface area contributed by atoms with Crippen molar-refractivity contribution in [1.82, 2.24) is 0 Å². The minimum Gasteiger partial charge on any atom is -0.648 e. The van der Waals surface area contributed by atoms with Crippen LogP contribution in [-0.2, 0) is 14.3 Å². The van der Waals surface area contributed by atoms with Crippen LogP contribution in [0.3, 0.4) is 0 Å². The van der Waals surface area contributed by atoms with E-state index >= 15 is 0 Å². The van der Waals surface area contributed by atoms with Crippen molar-refractivity contribution in [2.24, 2.45) is 0 Å². The Bertz CT molecular complexity index is 261. The first-order chi connectivity index (χ1) is 5.66. The summed E-state index contributed by atoms with van der Waals surface area (Å²) in [5.74, 6) is -1.77. The predicted octanol–water partition coefficient (Wildman–Crippen LogP) is -2.72. The van der Waals surface area contributed by atoms with Crippen molar-refractivity contribution < 1.29 is 49.0 Å². The number of carbonyl (C=O) groups excluding carboxylic acids is 2. The van der Waals surface area contributed by atoms with Crippen molar-refractivity contribution in [2.45, 2.75) is 6.42 Å². The van der Waals surface area contributed by atoms with Crippen molar-refractivity contribution in [3.63, 3.8) is 0 Å². The van der Waals surface area contributed by atoms with E-state index in [-0.39, 0.29) is 53.9 Å². The maximum Gasteiger partial charge on any atom is 1.00 e. The second-order valence-corrected chi connectivity index (χ2v) is 2.25. The van der Waals surface area contributed by atoms with Crippen LogP contribution in [0.15, 0.2) is 11.3 Å². The smallest absolute Gasteiger partial charge is 0.648 e. The molecule has 0 spiro atoms. The molecule has 0 unspecified atom stereocenters. The number of rotatable bonds is 1. The van der Waals surface area contributed by atoms with E-state index < -0.39 is 11.9 Å². The summed E-state index contributed by atoms with van der Waals surface area (Å²) >= 11 is 0. The maximum absolute atomic E-state index is 10.9. The first-order valence-corrected chi connectivity index (χ1v) is 3.39. The van der Waals surface area contributed by atoms with Gasteiger partial charge in [0.2, 0.25) is 0 Å². The molecule has 0 bridgehead atoms. The van der Waals surface area contributed by atoms with Crippen LogP contribution in [0.25, 0.3) is 5.32 Å². The number of aliphatic hydroxyl groups excluding tert-OH is 1. The Kier molecular flexibility index (Phi) is 5.05. The first-order valence-electron chi connectivity index (χ1n) is 3.39. The van der Waals surface area contributed by atoms with Crippen LogP contribution >= 0.6 is 0 Å². The third-order valence-corrected chi connectivity index (χ3v) is 1.50. The summed E-state index contributed by atoms with van der Waals surface area (Å²) in [6.45, 7) is 0.227. The van der Waals surface area contributed by atoms with Gasteiger partial charge in [-0.1, -0.05) is 0 Å². The van der Waals surface area contributed by atoms with Gasteiger partial charge < -0.3 is 20.0 Å². The zero-order valence-corrected chi connectivity index (χ0v) is 9.53. The first kappa shape index (κ1) is 12.5. The van der Waals surface area contributed by atoms with Crippen LogP contribution in [0.1, 0.15) is 6.42 Å². The Labute approximate surface area is 97.4 Å². The molecule has 1 rings (SSSR count). The fourth-order valence-electron chi connectivity index (χ4n) is 0.898. The summed E-state index contributed by atoms with van der Waals surface area (Å²) in [6.07, 6.45) is 0.218. The zero-order chi connectivity index (χ0) is 9.14. The van der Waals surface area contributed by atoms with Gasteiger partial charge in [0.15, 0.2) is 0 Å². The second-order valence-electron chi connectivity index (χ2n) is 2.25. The molecule has 0 saturated heterocycles. The molecule has 5 nitrogen and oxygen atoms in total. The molecule has 0 aromatic heterocycles. The number of carbonyl (C=O) groups is 2. The fourth-order valence-corrected chi connectivity index (χ4v) is 0.898. The van der Waals surface area contributed by atoms with Gasteiger partial charge in [0.05, 0.1) is 13.0 Å². The number of methoxy groups -OCH3 is 1. The minimum absolute atomic E-state index is 0. The van der Waals surface area contributed by atoms with Gasteiger partial charge in [-0.05, 0) is 6.42 Å². The monoisotopic (exact) mass is 193 g/mol. The summed E-state index contributed by atoms with van der Waals surface area (Å²) < 4.78 is 4.29. The Hall–Kier alpha value is -0.520. The average molecular weight is 193 g/mol. The zero-order valence-electron chi connectivity index (χ0n) is 7.53. The van der Waals surface area contributed by atoms with Crippen molar-refractivity contribution in [1.29, 1.82) is 0 Å². The molecule has 0 saturated carbocycles. The molecule has 0 fully saturated rings. The Morgan fingerprint density at radius 3 is 2.69 bits per heavy atom. The predicted molar refractivity (Wildman–Crippen MR) is 39.5 cm³/mol. The molecule has 1 amide bonds. The van der Waals surface area contributed by atoms with E-state index in [0.29, 0.717) is 0 Å². The van der Waals surface area contributed by atoms with Crippen LogP contribution in [0.5, 0.6) is 0 Å². The molecule has 0 aromatic carbocycles. The molecule has 0 aromatic rings. The van der Waals surface area contributed by atoms with E-state index in [9.17, 15) is 9.59 Å². The van der Waals surface area contributed by atoms with Gasteiger partial charge >= 0.3 is 35.5 Å². The van der Waals surface area contributed by atoms with Gasteiger partial charge in [-0.15, -0.1) is 6.54 Å². The molecule has 66 valence electrons. The Morgan fingerprint density at radius 2 is 2.23 bits per heavy atom. The van der Waals surface area contributed by atoms with Crippen LogP contribution in [-0.4, -0.2) is 30.6 Å². The number of aliphatic hydroxyl groups is 1. The second kappa shape index (κ2) is 5.26. The summed E-state index contributed by atoms with van der Waals surface area (Å²) in [5, 5.41) is 12.6. The van der Waals surface area contributed by atoms with Gasteiger partial charge in [0.25, 0.3) is 0 Å². The van der Waals surface area contributed by atoms with Gasteiger partial charge in [-0.25, -0.2) is 4.79 Å². The Morgan fingerprint density at radius 1 is 1.62 bits per heavy atom. The average Bonchev–Trinajstić information content (AvgIpc) is 2.03. The summed E-state index contributed by atoms with van der Waals surface area (Å²) in [4.78, 5) is 21.8. The fraction of sp³-hybridized carbons (Fsp3) is 0.429. The van der Waals surface area contributed by atoms with Crippen LogP contribution in [0, 0.1) is 0 Å². The summed E-state index contributed by atoms with van der Waals surface area (Å²) in [5.41, 5.74) is -0.344. The quantitative estimate of drug-likeness (QED) is 0.279. The topological polar surface area (TPSA) is 77.7 Å². The molecule has 0 radical (unpaired) electrons. The third kappa shape index (κ3) is 2.72. The number of nitrogens with zero attached hydrogens (tertiary/aromatic N) is 1. The molecule has 0 aliphatic carbocycles. The van der Waals surface area contributed by atoms with Crippen LogP contribution < -0.4 is 29.6 Å². The Balaban J connectivity index is 0.00000144. The van der Waals surface area contributed by atoms with Gasteiger partial charge in [0.1, 0.15) is 11.3 Å². The van der Waals surface area contributed by atoms with E-state index in [1.165, 1.54) is 0 Å². The van der Waals surface area contributed by atoms with Gasteiger partial charge in [-0.2, -0.15) is 0 Å². The summed E-state index contributed by atoms with van der Waals surface area (Å²) in [6, 6.07) is 0. The van der Waals surface area contributed by atoms with Crippen molar-refractivity contribution in [2.75, 3.05) is 13.7 Å². The van der Waals surface area contributed by atoms with Crippen LogP contribution in [0.2, 0.25) is 0 Å². The van der Waals surface area contributed by atoms with Gasteiger partial charge in [0, 0.05) is 0 Å². The van der Waals surface area contributed by atoms with Gasteiger partial charge in [-0.3, -0.25) is 0 Å². The molecular weight excluding hydrogens is 185 g/mol. The largest absolute Gasteiger partial charge is 1.00 e. The molecule has 1 heterocycles. The van der Waals surface area contributed by atoms with E-state index in [1.807, 2.05) is 0 Å². The van der Waals surface area contributed by atoms with E-state index in [2.05, 4.69) is 10.1 Å². The molecule has 0 atom stereocenters. The molecular formula is C7H8NNaO4.